The molecule has 0 radical (unpaired) electrons. The van der Waals surface area contributed by atoms with Crippen LogP contribution in [0.15, 0.2) is 35.9 Å². The standard InChI is InChI=1S/C15H16F2O/c1-11(18)15(16,17)14-9-7-13(8-10-14)6-5-12-3-2-4-12/h5,7-10H,2-4,6H2,1H3. The van der Waals surface area contributed by atoms with Crippen molar-refractivity contribution in [2.45, 2.75) is 38.5 Å². The molecule has 1 aromatic rings. The first-order valence-electron chi connectivity index (χ1n) is 6.16. The molecule has 0 aliphatic heterocycles. The minimum absolute atomic E-state index is 0.227. The molecule has 0 heterocycles. The average Bonchev–Trinajstić information content (AvgIpc) is 2.27. The highest BCUT2D eigenvalue weighted by Crippen LogP contribution is 2.29. The maximum absolute atomic E-state index is 13.4. The first kappa shape index (κ1) is 12.9. The van der Waals surface area contributed by atoms with Gasteiger partial charge in [0.25, 0.3) is 0 Å². The fourth-order valence-corrected chi connectivity index (χ4v) is 1.90. The first-order chi connectivity index (χ1) is 8.50. The number of rotatable bonds is 4. The van der Waals surface area contributed by atoms with Crippen LogP contribution < -0.4 is 0 Å². The molecule has 96 valence electrons. The van der Waals surface area contributed by atoms with Gasteiger partial charge < -0.3 is 0 Å². The fourth-order valence-electron chi connectivity index (χ4n) is 1.90. The lowest BCUT2D eigenvalue weighted by molar-refractivity contribution is -0.141. The van der Waals surface area contributed by atoms with Gasteiger partial charge in [0.05, 0.1) is 0 Å². The van der Waals surface area contributed by atoms with Gasteiger partial charge >= 0.3 is 5.92 Å². The molecule has 3 heteroatoms. The molecule has 2 rings (SSSR count). The molecule has 0 spiro atoms. The SMILES string of the molecule is CC(=O)C(F)(F)c1ccc(CC=C2CCC2)cc1. The van der Waals surface area contributed by atoms with E-state index in [0.717, 1.165) is 18.9 Å². The quantitative estimate of drug-likeness (QED) is 0.738. The molecule has 0 atom stereocenters. The number of ketones is 1. The largest absolute Gasteiger partial charge is 0.330 e. The van der Waals surface area contributed by atoms with Crippen LogP contribution in [0, 0.1) is 0 Å². The van der Waals surface area contributed by atoms with Crippen molar-refractivity contribution < 1.29 is 13.6 Å². The van der Waals surface area contributed by atoms with Gasteiger partial charge in [0.2, 0.25) is 5.78 Å². The van der Waals surface area contributed by atoms with Crippen LogP contribution in [0.5, 0.6) is 0 Å². The highest BCUT2D eigenvalue weighted by atomic mass is 19.3. The number of alkyl halides is 2. The van der Waals surface area contributed by atoms with Crippen LogP contribution in [0.2, 0.25) is 0 Å². The van der Waals surface area contributed by atoms with Gasteiger partial charge in [-0.2, -0.15) is 8.78 Å². The molecule has 0 bridgehead atoms. The number of hydrogen-bond donors (Lipinski definition) is 0. The molecule has 1 aliphatic rings. The second-order valence-corrected chi connectivity index (χ2v) is 4.75. The third-order valence-corrected chi connectivity index (χ3v) is 3.38. The maximum atomic E-state index is 13.4. The van der Waals surface area contributed by atoms with E-state index in [1.807, 2.05) is 0 Å². The number of carbonyl (C=O) groups excluding carboxylic acids is 1. The molecule has 0 aromatic heterocycles. The van der Waals surface area contributed by atoms with Crippen LogP contribution in [0.1, 0.15) is 37.3 Å². The second-order valence-electron chi connectivity index (χ2n) is 4.75. The number of hydrogen-bond acceptors (Lipinski definition) is 1. The zero-order valence-corrected chi connectivity index (χ0v) is 10.4. The van der Waals surface area contributed by atoms with Crippen LogP contribution in [0.3, 0.4) is 0 Å². The van der Waals surface area contributed by atoms with Crippen LogP contribution >= 0.6 is 0 Å². The summed E-state index contributed by atoms with van der Waals surface area (Å²) in [7, 11) is 0. The van der Waals surface area contributed by atoms with Crippen LogP contribution in [-0.2, 0) is 17.1 Å². The van der Waals surface area contributed by atoms with E-state index >= 15 is 0 Å². The van der Waals surface area contributed by atoms with Gasteiger partial charge in [0.1, 0.15) is 0 Å². The molecule has 1 saturated carbocycles. The predicted molar refractivity (Wildman–Crippen MR) is 66.7 cm³/mol. The lowest BCUT2D eigenvalue weighted by atomic mass is 9.91. The predicted octanol–water partition coefficient (Wildman–Crippen LogP) is 4.02. The summed E-state index contributed by atoms with van der Waals surface area (Å²) in [6, 6.07) is 6.02. The van der Waals surface area contributed by atoms with Gasteiger partial charge in [0, 0.05) is 12.5 Å². The van der Waals surface area contributed by atoms with Crippen LogP contribution in [0.25, 0.3) is 0 Å². The highest BCUT2D eigenvalue weighted by molar-refractivity contribution is 5.84. The monoisotopic (exact) mass is 250 g/mol. The summed E-state index contributed by atoms with van der Waals surface area (Å²) in [5.74, 6) is -4.49. The van der Waals surface area contributed by atoms with Crippen molar-refractivity contribution in [3.8, 4) is 0 Å². The first-order valence-corrected chi connectivity index (χ1v) is 6.16. The molecule has 0 N–H and O–H groups in total. The molecule has 18 heavy (non-hydrogen) atoms. The minimum atomic E-state index is -3.37. The Morgan fingerprint density at radius 3 is 2.33 bits per heavy atom. The molecule has 0 saturated heterocycles. The van der Waals surface area contributed by atoms with E-state index < -0.39 is 11.7 Å². The van der Waals surface area contributed by atoms with Crippen molar-refractivity contribution in [2.24, 2.45) is 0 Å². The van der Waals surface area contributed by atoms with E-state index in [-0.39, 0.29) is 5.56 Å². The van der Waals surface area contributed by atoms with Gasteiger partial charge in [0.15, 0.2) is 0 Å². The lowest BCUT2D eigenvalue weighted by Gasteiger charge is -2.16. The third-order valence-electron chi connectivity index (χ3n) is 3.38. The maximum Gasteiger partial charge on any atom is 0.330 e. The van der Waals surface area contributed by atoms with Gasteiger partial charge in [-0.3, -0.25) is 4.79 Å². The van der Waals surface area contributed by atoms with E-state index in [1.165, 1.54) is 37.0 Å². The van der Waals surface area contributed by atoms with Crippen molar-refractivity contribution in [2.75, 3.05) is 0 Å². The fraction of sp³-hybridized carbons (Fsp3) is 0.400. The lowest BCUT2D eigenvalue weighted by Crippen LogP contribution is -2.22. The summed E-state index contributed by atoms with van der Waals surface area (Å²) in [5, 5.41) is 0. The molecule has 1 aliphatic carbocycles. The van der Waals surface area contributed by atoms with Crippen LogP contribution in [-0.4, -0.2) is 5.78 Å². The zero-order valence-electron chi connectivity index (χ0n) is 10.4. The molecule has 1 aromatic carbocycles. The molecule has 0 amide bonds. The number of halogens is 2. The zero-order chi connectivity index (χ0) is 13.2. The van der Waals surface area contributed by atoms with E-state index in [1.54, 1.807) is 12.1 Å². The molecular formula is C15H16F2O. The molecular weight excluding hydrogens is 234 g/mol. The summed E-state index contributed by atoms with van der Waals surface area (Å²) in [4.78, 5) is 10.9. The summed E-state index contributed by atoms with van der Waals surface area (Å²) in [6.07, 6.45) is 6.54. The molecule has 1 nitrogen and oxygen atoms in total. The Labute approximate surface area is 106 Å². The molecule has 0 unspecified atom stereocenters. The topological polar surface area (TPSA) is 17.1 Å². The van der Waals surface area contributed by atoms with Crippen molar-refractivity contribution in [3.05, 3.63) is 47.0 Å². The minimum Gasteiger partial charge on any atom is -0.293 e. The Morgan fingerprint density at radius 1 is 1.28 bits per heavy atom. The third kappa shape index (κ3) is 2.66. The Morgan fingerprint density at radius 2 is 1.89 bits per heavy atom. The van der Waals surface area contributed by atoms with Crippen LogP contribution in [0.4, 0.5) is 8.78 Å². The van der Waals surface area contributed by atoms with E-state index in [0.29, 0.717) is 0 Å². The molecule has 1 fully saturated rings. The normalized spacial score (nSPS) is 15.2. The number of allylic oxidation sites excluding steroid dienone is 2. The van der Waals surface area contributed by atoms with E-state index in [2.05, 4.69) is 6.08 Å². The number of benzene rings is 1. The Balaban J connectivity index is 2.07. The number of Topliss-reactive ketones (excluding diaryl/α,β-unsaturated/α-hetero) is 1. The van der Waals surface area contributed by atoms with Crippen molar-refractivity contribution >= 4 is 5.78 Å². The van der Waals surface area contributed by atoms with Crippen molar-refractivity contribution in [1.29, 1.82) is 0 Å². The Bertz CT molecular complexity index is 466. The summed E-state index contributed by atoms with van der Waals surface area (Å²) in [5.41, 5.74) is 2.22. The smallest absolute Gasteiger partial charge is 0.293 e. The summed E-state index contributed by atoms with van der Waals surface area (Å²) in [6.45, 7) is 0.912. The van der Waals surface area contributed by atoms with E-state index in [4.69, 9.17) is 0 Å². The van der Waals surface area contributed by atoms with Crippen molar-refractivity contribution in [1.82, 2.24) is 0 Å². The number of carbonyl (C=O) groups is 1. The van der Waals surface area contributed by atoms with E-state index in [9.17, 15) is 13.6 Å². The van der Waals surface area contributed by atoms with Gasteiger partial charge in [-0.15, -0.1) is 0 Å². The van der Waals surface area contributed by atoms with Gasteiger partial charge in [-0.1, -0.05) is 35.9 Å². The van der Waals surface area contributed by atoms with Crippen molar-refractivity contribution in [3.63, 3.8) is 0 Å². The van der Waals surface area contributed by atoms with Gasteiger partial charge in [-0.05, 0) is 31.2 Å². The second kappa shape index (κ2) is 5.01. The highest BCUT2D eigenvalue weighted by Gasteiger charge is 2.36. The summed E-state index contributed by atoms with van der Waals surface area (Å²) < 4.78 is 26.9. The Hall–Kier alpha value is -1.51. The van der Waals surface area contributed by atoms with Gasteiger partial charge in [-0.25, -0.2) is 0 Å². The average molecular weight is 250 g/mol. The Kier molecular flexibility index (Phi) is 3.60. The summed E-state index contributed by atoms with van der Waals surface area (Å²) >= 11 is 0.